The van der Waals surface area contributed by atoms with Gasteiger partial charge in [-0.2, -0.15) is 0 Å². The number of nitrogens with zero attached hydrogens (tertiary/aromatic N) is 4. The number of ether oxygens (including phenoxy) is 4. The van der Waals surface area contributed by atoms with Crippen LogP contribution < -0.4 is 9.47 Å². The van der Waals surface area contributed by atoms with Gasteiger partial charge in [0.05, 0.1) is 37.7 Å². The zero-order valence-electron chi connectivity index (χ0n) is 19.6. The second-order valence-corrected chi connectivity index (χ2v) is 7.73. The fraction of sp³-hybridized carbons (Fsp3) is 0.500. The van der Waals surface area contributed by atoms with Gasteiger partial charge in [0.2, 0.25) is 18.2 Å². The maximum absolute atomic E-state index is 13.3. The third-order valence-corrected chi connectivity index (χ3v) is 5.54. The van der Waals surface area contributed by atoms with Crippen molar-refractivity contribution in [1.29, 1.82) is 0 Å². The summed E-state index contributed by atoms with van der Waals surface area (Å²) in [5.74, 6) is -2.45. The van der Waals surface area contributed by atoms with Crippen LogP contribution in [0.1, 0.15) is 65.6 Å². The van der Waals surface area contributed by atoms with Crippen LogP contribution in [0.3, 0.4) is 0 Å². The number of rotatable bonds is 10. The number of methoxy groups -OCH3 is 2. The van der Waals surface area contributed by atoms with Crippen LogP contribution >= 0.6 is 0 Å². The maximum Gasteiger partial charge on any atom is 0.361 e. The molecule has 1 aromatic carbocycles. The van der Waals surface area contributed by atoms with E-state index in [9.17, 15) is 24.5 Å². The van der Waals surface area contributed by atoms with E-state index < -0.39 is 52.0 Å². The molecule has 1 fully saturated rings. The molecule has 1 saturated carbocycles. The van der Waals surface area contributed by atoms with Crippen LogP contribution in [0.15, 0.2) is 12.1 Å². The number of carbonyl (C=O) groups excluding carboxylic acids is 3. The Morgan fingerprint density at radius 3 is 2.26 bits per heavy atom. The molecular formula is C22H26N4O9. The molecule has 1 aliphatic carbocycles. The molecule has 1 aliphatic rings. The first kappa shape index (κ1) is 25.6. The molecule has 0 unspecified atom stereocenters. The Bertz CT molecular complexity index is 1120. The lowest BCUT2D eigenvalue weighted by Crippen LogP contribution is -2.22. The van der Waals surface area contributed by atoms with Crippen LogP contribution in [0.4, 0.5) is 5.69 Å². The van der Waals surface area contributed by atoms with E-state index in [1.165, 1.54) is 14.2 Å². The topological polar surface area (TPSA) is 162 Å². The minimum atomic E-state index is -0.967. The van der Waals surface area contributed by atoms with Gasteiger partial charge in [0.25, 0.3) is 5.69 Å². The Labute approximate surface area is 200 Å². The van der Waals surface area contributed by atoms with Crippen LogP contribution in [0.25, 0.3) is 0 Å². The molecule has 0 spiro atoms. The summed E-state index contributed by atoms with van der Waals surface area (Å²) in [5, 5.41) is 19.6. The highest BCUT2D eigenvalue weighted by atomic mass is 16.6. The summed E-state index contributed by atoms with van der Waals surface area (Å²) in [5.41, 5.74) is -1.94. The molecular weight excluding hydrogens is 464 g/mol. The summed E-state index contributed by atoms with van der Waals surface area (Å²) in [6, 6.07) is 2.16. The molecule has 0 bridgehead atoms. The molecule has 13 heteroatoms. The highest BCUT2D eigenvalue weighted by Gasteiger charge is 2.32. The summed E-state index contributed by atoms with van der Waals surface area (Å²) in [4.78, 5) is 49.9. The third kappa shape index (κ3) is 5.73. The SMILES string of the molecule is CCOC(=O)c1nn(COC(=O)C2CCCCC2)nc1C(=O)c1cc(OC)c(OC)cc1[N+](=O)[O-]. The van der Waals surface area contributed by atoms with Gasteiger partial charge in [-0.05, 0) is 19.8 Å². The molecule has 1 heterocycles. The van der Waals surface area contributed by atoms with Crippen LogP contribution in [0, 0.1) is 16.0 Å². The Morgan fingerprint density at radius 1 is 1.03 bits per heavy atom. The van der Waals surface area contributed by atoms with E-state index in [2.05, 4.69) is 10.2 Å². The molecule has 0 amide bonds. The van der Waals surface area contributed by atoms with Gasteiger partial charge >= 0.3 is 11.9 Å². The summed E-state index contributed by atoms with van der Waals surface area (Å²) >= 11 is 0. The van der Waals surface area contributed by atoms with Crippen molar-refractivity contribution >= 4 is 23.4 Å². The van der Waals surface area contributed by atoms with E-state index in [0.717, 1.165) is 49.0 Å². The monoisotopic (exact) mass is 490 g/mol. The second-order valence-electron chi connectivity index (χ2n) is 7.73. The average molecular weight is 490 g/mol. The Hall–Kier alpha value is -4.03. The standard InChI is InChI=1S/C22H26N4O9/c1-4-34-22(29)19-18(23-25(24-19)12-35-21(28)13-8-6-5-7-9-13)20(27)14-10-16(32-2)17(33-3)11-15(14)26(30)31/h10-11,13H,4-9,12H2,1-3H3. The zero-order valence-corrected chi connectivity index (χ0v) is 19.6. The first-order valence-corrected chi connectivity index (χ1v) is 11.0. The summed E-state index contributed by atoms with van der Waals surface area (Å²) in [7, 11) is 2.60. The molecule has 13 nitrogen and oxygen atoms in total. The van der Waals surface area contributed by atoms with Gasteiger partial charge in [-0.3, -0.25) is 19.7 Å². The minimum absolute atomic E-state index is 0.00744. The van der Waals surface area contributed by atoms with Gasteiger partial charge in [-0.15, -0.1) is 15.0 Å². The molecule has 0 saturated heterocycles. The number of nitro benzene ring substituents is 1. The van der Waals surface area contributed by atoms with Gasteiger partial charge in [0, 0.05) is 6.07 Å². The third-order valence-electron chi connectivity index (χ3n) is 5.54. The molecule has 0 radical (unpaired) electrons. The van der Waals surface area contributed by atoms with Crippen molar-refractivity contribution in [3.05, 3.63) is 39.2 Å². The largest absolute Gasteiger partial charge is 0.493 e. The van der Waals surface area contributed by atoms with Crippen molar-refractivity contribution in [2.24, 2.45) is 5.92 Å². The van der Waals surface area contributed by atoms with Gasteiger partial charge in [0.1, 0.15) is 5.56 Å². The maximum atomic E-state index is 13.3. The molecule has 188 valence electrons. The normalized spacial score (nSPS) is 13.7. The predicted molar refractivity (Wildman–Crippen MR) is 118 cm³/mol. The van der Waals surface area contributed by atoms with Gasteiger partial charge in [0.15, 0.2) is 17.2 Å². The van der Waals surface area contributed by atoms with E-state index in [1.807, 2.05) is 0 Å². The summed E-state index contributed by atoms with van der Waals surface area (Å²) < 4.78 is 20.5. The van der Waals surface area contributed by atoms with E-state index >= 15 is 0 Å². The fourth-order valence-corrected chi connectivity index (χ4v) is 3.80. The lowest BCUT2D eigenvalue weighted by Gasteiger charge is -2.19. The Balaban J connectivity index is 1.96. The smallest absolute Gasteiger partial charge is 0.361 e. The molecule has 0 atom stereocenters. The Kier molecular flexibility index (Phi) is 8.34. The van der Waals surface area contributed by atoms with Crippen LogP contribution in [-0.4, -0.2) is 58.5 Å². The predicted octanol–water partition coefficient (Wildman–Crippen LogP) is 2.69. The van der Waals surface area contributed by atoms with Gasteiger partial charge in [-0.25, -0.2) is 4.79 Å². The first-order valence-electron chi connectivity index (χ1n) is 11.0. The molecule has 0 aliphatic heterocycles. The van der Waals surface area contributed by atoms with Crippen LogP contribution in [0.5, 0.6) is 11.5 Å². The Morgan fingerprint density at radius 2 is 1.66 bits per heavy atom. The van der Waals surface area contributed by atoms with Crippen LogP contribution in [0.2, 0.25) is 0 Å². The lowest BCUT2D eigenvalue weighted by atomic mass is 9.89. The second kappa shape index (κ2) is 11.4. The highest BCUT2D eigenvalue weighted by Crippen LogP contribution is 2.35. The van der Waals surface area contributed by atoms with Gasteiger partial charge in [-0.1, -0.05) is 19.3 Å². The number of nitro groups is 1. The van der Waals surface area contributed by atoms with E-state index in [4.69, 9.17) is 18.9 Å². The van der Waals surface area contributed by atoms with Crippen molar-refractivity contribution in [3.8, 4) is 11.5 Å². The van der Waals surface area contributed by atoms with Crippen LogP contribution in [-0.2, 0) is 21.0 Å². The molecule has 0 N–H and O–H groups in total. The fourth-order valence-electron chi connectivity index (χ4n) is 3.80. The van der Waals surface area contributed by atoms with Crippen molar-refractivity contribution in [3.63, 3.8) is 0 Å². The average Bonchev–Trinajstić information content (AvgIpc) is 3.31. The number of hydrogen-bond acceptors (Lipinski definition) is 11. The molecule has 1 aromatic heterocycles. The number of benzene rings is 1. The van der Waals surface area contributed by atoms with Crippen molar-refractivity contribution in [1.82, 2.24) is 15.0 Å². The van der Waals surface area contributed by atoms with Gasteiger partial charge < -0.3 is 18.9 Å². The number of carbonyl (C=O) groups is 3. The molecule has 35 heavy (non-hydrogen) atoms. The summed E-state index contributed by atoms with van der Waals surface area (Å²) in [6.45, 7) is 1.12. The van der Waals surface area contributed by atoms with Crippen molar-refractivity contribution < 1.29 is 38.3 Å². The molecule has 2 aromatic rings. The van der Waals surface area contributed by atoms with Crippen molar-refractivity contribution in [2.75, 3.05) is 20.8 Å². The molecule has 3 rings (SSSR count). The van der Waals surface area contributed by atoms with E-state index in [-0.39, 0.29) is 24.0 Å². The van der Waals surface area contributed by atoms with E-state index in [1.54, 1.807) is 6.92 Å². The minimum Gasteiger partial charge on any atom is -0.493 e. The quantitative estimate of drug-likeness (QED) is 0.208. The summed E-state index contributed by atoms with van der Waals surface area (Å²) in [6.07, 6.45) is 4.41. The number of aromatic nitrogens is 3. The number of esters is 2. The lowest BCUT2D eigenvalue weighted by molar-refractivity contribution is -0.385. The highest BCUT2D eigenvalue weighted by molar-refractivity contribution is 6.14. The van der Waals surface area contributed by atoms with Crippen molar-refractivity contribution in [2.45, 2.75) is 45.8 Å². The number of hydrogen-bond donors (Lipinski definition) is 0. The zero-order chi connectivity index (χ0) is 25.5. The number of ketones is 1. The van der Waals surface area contributed by atoms with E-state index in [0.29, 0.717) is 0 Å². The first-order chi connectivity index (χ1) is 16.8.